The summed E-state index contributed by atoms with van der Waals surface area (Å²) in [5.41, 5.74) is 6.39. The lowest BCUT2D eigenvalue weighted by atomic mass is 10.2. The Balaban J connectivity index is 2.19. The third-order valence-electron chi connectivity index (χ3n) is 2.91. The first-order valence-corrected chi connectivity index (χ1v) is 6.05. The van der Waals surface area contributed by atoms with Crippen LogP contribution in [0.2, 0.25) is 0 Å². The van der Waals surface area contributed by atoms with Crippen molar-refractivity contribution in [1.29, 1.82) is 0 Å². The lowest BCUT2D eigenvalue weighted by molar-refractivity contribution is 0.414. The van der Waals surface area contributed by atoms with E-state index in [9.17, 15) is 0 Å². The van der Waals surface area contributed by atoms with E-state index in [0.717, 1.165) is 36.7 Å². The summed E-state index contributed by atoms with van der Waals surface area (Å²) in [6, 6.07) is 0.405. The summed E-state index contributed by atoms with van der Waals surface area (Å²) < 4.78 is 0. The Bertz CT molecular complexity index is 434. The van der Waals surface area contributed by atoms with Gasteiger partial charge in [0.2, 0.25) is 0 Å². The lowest BCUT2D eigenvalue weighted by Gasteiger charge is -2.16. The zero-order valence-electron chi connectivity index (χ0n) is 10.1. The monoisotopic (exact) mass is 251 g/mol. The van der Waals surface area contributed by atoms with Crippen molar-refractivity contribution in [1.82, 2.24) is 14.9 Å². The molecule has 1 fully saturated rings. The van der Waals surface area contributed by atoms with Crippen molar-refractivity contribution in [2.24, 2.45) is 5.73 Å². The molecule has 3 N–H and O–H groups in total. The lowest BCUT2D eigenvalue weighted by Crippen LogP contribution is -2.26. The number of aromatic nitrogens is 2. The zero-order chi connectivity index (χ0) is 12.4. The van der Waals surface area contributed by atoms with Gasteiger partial charge in [0, 0.05) is 18.8 Å². The first-order valence-electron chi connectivity index (χ1n) is 5.65. The van der Waals surface area contributed by atoms with Crippen molar-refractivity contribution >= 4 is 23.0 Å². The van der Waals surface area contributed by atoms with Gasteiger partial charge in [0.05, 0.1) is 5.56 Å². The molecule has 6 heteroatoms. The fraction of sp³-hybridized carbons (Fsp3) is 0.545. The summed E-state index contributed by atoms with van der Waals surface area (Å²) in [7, 11) is 2.11. The molecule has 2 heterocycles. The van der Waals surface area contributed by atoms with Crippen LogP contribution in [-0.2, 0) is 0 Å². The summed E-state index contributed by atoms with van der Waals surface area (Å²) in [6.45, 7) is 3.97. The Kier molecular flexibility index (Phi) is 3.54. The largest absolute Gasteiger partial charge is 0.389 e. The minimum Gasteiger partial charge on any atom is -0.389 e. The van der Waals surface area contributed by atoms with E-state index in [-0.39, 0.29) is 0 Å². The van der Waals surface area contributed by atoms with E-state index in [1.54, 1.807) is 6.20 Å². The van der Waals surface area contributed by atoms with E-state index >= 15 is 0 Å². The number of nitrogens with zero attached hydrogens (tertiary/aromatic N) is 3. The van der Waals surface area contributed by atoms with Crippen molar-refractivity contribution in [3.05, 3.63) is 17.6 Å². The summed E-state index contributed by atoms with van der Waals surface area (Å²) >= 11 is 5.00. The number of hydrogen-bond acceptors (Lipinski definition) is 5. The standard InChI is InChI=1S/C11H17N5S/c1-7-13-5-9(10(12)17)11(14-7)15-8-3-4-16(2)6-8/h5,8H,3-4,6H2,1-2H3,(H2,12,17)(H,13,14,15). The van der Waals surface area contributed by atoms with Gasteiger partial charge in [-0.3, -0.25) is 0 Å². The average molecular weight is 251 g/mol. The van der Waals surface area contributed by atoms with Crippen LogP contribution >= 0.6 is 12.2 Å². The fourth-order valence-electron chi connectivity index (χ4n) is 2.01. The molecule has 1 aliphatic rings. The molecule has 17 heavy (non-hydrogen) atoms. The average Bonchev–Trinajstić information content (AvgIpc) is 2.63. The van der Waals surface area contributed by atoms with Crippen molar-refractivity contribution < 1.29 is 0 Å². The highest BCUT2D eigenvalue weighted by atomic mass is 32.1. The number of likely N-dealkylation sites (N-methyl/N-ethyl adjacent to an activating group) is 1. The summed E-state index contributed by atoms with van der Waals surface area (Å²) in [4.78, 5) is 11.1. The first kappa shape index (κ1) is 12.2. The minimum atomic E-state index is 0.332. The molecule has 0 aromatic carbocycles. The van der Waals surface area contributed by atoms with E-state index in [1.807, 2.05) is 6.92 Å². The maximum Gasteiger partial charge on any atom is 0.140 e. The number of rotatable bonds is 3. The van der Waals surface area contributed by atoms with Crippen LogP contribution < -0.4 is 11.1 Å². The van der Waals surface area contributed by atoms with Gasteiger partial charge in [0.1, 0.15) is 16.6 Å². The number of aryl methyl sites for hydroxylation is 1. The van der Waals surface area contributed by atoms with Crippen LogP contribution in [0, 0.1) is 6.92 Å². The predicted octanol–water partition coefficient (Wildman–Crippen LogP) is 0.535. The number of thiocarbonyl (C=S) groups is 1. The highest BCUT2D eigenvalue weighted by molar-refractivity contribution is 7.80. The molecule has 1 aromatic rings. The van der Waals surface area contributed by atoms with Crippen LogP contribution in [0.15, 0.2) is 6.20 Å². The Morgan fingerprint density at radius 1 is 1.65 bits per heavy atom. The van der Waals surface area contributed by atoms with Gasteiger partial charge in [-0.2, -0.15) is 0 Å². The molecule has 1 aromatic heterocycles. The second-order valence-corrected chi connectivity index (χ2v) is 4.88. The molecule has 2 rings (SSSR count). The Labute approximate surface area is 106 Å². The third-order valence-corrected chi connectivity index (χ3v) is 3.13. The Morgan fingerprint density at radius 2 is 2.41 bits per heavy atom. The summed E-state index contributed by atoms with van der Waals surface area (Å²) in [6.07, 6.45) is 2.79. The minimum absolute atomic E-state index is 0.332. The van der Waals surface area contributed by atoms with Gasteiger partial charge in [0.15, 0.2) is 0 Å². The Morgan fingerprint density at radius 3 is 3.00 bits per heavy atom. The number of anilines is 1. The smallest absolute Gasteiger partial charge is 0.140 e. The molecule has 0 saturated carbocycles. The molecule has 1 atom stereocenters. The molecule has 1 unspecified atom stereocenters. The summed E-state index contributed by atoms with van der Waals surface area (Å²) in [5, 5.41) is 3.40. The molecule has 0 spiro atoms. The third kappa shape index (κ3) is 2.89. The molecule has 1 saturated heterocycles. The highest BCUT2D eigenvalue weighted by Gasteiger charge is 2.21. The maximum atomic E-state index is 5.67. The van der Waals surface area contributed by atoms with E-state index in [2.05, 4.69) is 27.2 Å². The van der Waals surface area contributed by atoms with Crippen molar-refractivity contribution in [2.75, 3.05) is 25.5 Å². The van der Waals surface area contributed by atoms with E-state index < -0.39 is 0 Å². The molecule has 1 aliphatic heterocycles. The normalized spacial score (nSPS) is 20.5. The van der Waals surface area contributed by atoms with Gasteiger partial charge >= 0.3 is 0 Å². The van der Waals surface area contributed by atoms with Crippen LogP contribution in [0.1, 0.15) is 17.8 Å². The molecule has 0 bridgehead atoms. The molecule has 92 valence electrons. The number of nitrogens with two attached hydrogens (primary N) is 1. The summed E-state index contributed by atoms with van der Waals surface area (Å²) in [5.74, 6) is 1.48. The second kappa shape index (κ2) is 4.93. The van der Waals surface area contributed by atoms with Crippen LogP contribution in [0.3, 0.4) is 0 Å². The zero-order valence-corrected chi connectivity index (χ0v) is 10.9. The second-order valence-electron chi connectivity index (χ2n) is 4.44. The SMILES string of the molecule is Cc1ncc(C(N)=S)c(NC2CCN(C)C2)n1. The molecular weight excluding hydrogens is 234 g/mol. The first-order chi connectivity index (χ1) is 8.06. The van der Waals surface area contributed by atoms with Gasteiger partial charge in [-0.15, -0.1) is 0 Å². The molecule has 0 radical (unpaired) electrons. The van der Waals surface area contributed by atoms with Crippen LogP contribution in [0.4, 0.5) is 5.82 Å². The topological polar surface area (TPSA) is 67.1 Å². The van der Waals surface area contributed by atoms with Crippen LogP contribution in [0.25, 0.3) is 0 Å². The maximum absolute atomic E-state index is 5.67. The molecular formula is C11H17N5S. The number of nitrogens with one attached hydrogen (secondary N) is 1. The van der Waals surface area contributed by atoms with Gasteiger partial charge in [-0.25, -0.2) is 9.97 Å². The van der Waals surface area contributed by atoms with Gasteiger partial charge < -0.3 is 16.0 Å². The highest BCUT2D eigenvalue weighted by Crippen LogP contribution is 2.16. The fourth-order valence-corrected chi connectivity index (χ4v) is 2.16. The molecule has 0 aliphatic carbocycles. The van der Waals surface area contributed by atoms with Crippen LogP contribution in [-0.4, -0.2) is 46.0 Å². The van der Waals surface area contributed by atoms with Gasteiger partial charge in [0.25, 0.3) is 0 Å². The van der Waals surface area contributed by atoms with E-state index in [0.29, 0.717) is 11.0 Å². The quantitative estimate of drug-likeness (QED) is 0.764. The van der Waals surface area contributed by atoms with Gasteiger partial charge in [-0.1, -0.05) is 12.2 Å². The number of likely N-dealkylation sites (tertiary alicyclic amines) is 1. The number of hydrogen-bond donors (Lipinski definition) is 2. The van der Waals surface area contributed by atoms with Crippen molar-refractivity contribution in [3.63, 3.8) is 0 Å². The predicted molar refractivity (Wildman–Crippen MR) is 72.2 cm³/mol. The van der Waals surface area contributed by atoms with Gasteiger partial charge in [-0.05, 0) is 26.9 Å². The van der Waals surface area contributed by atoms with E-state index in [1.165, 1.54) is 0 Å². The van der Waals surface area contributed by atoms with Crippen molar-refractivity contribution in [2.45, 2.75) is 19.4 Å². The van der Waals surface area contributed by atoms with Crippen molar-refractivity contribution in [3.8, 4) is 0 Å². The van der Waals surface area contributed by atoms with E-state index in [4.69, 9.17) is 18.0 Å². The Hall–Kier alpha value is -1.27. The van der Waals surface area contributed by atoms with Crippen LogP contribution in [0.5, 0.6) is 0 Å². The molecule has 5 nitrogen and oxygen atoms in total. The molecule has 0 amide bonds.